The van der Waals surface area contributed by atoms with E-state index in [-0.39, 0.29) is 0 Å². The van der Waals surface area contributed by atoms with Gasteiger partial charge in [0, 0.05) is 44.5 Å². The van der Waals surface area contributed by atoms with E-state index in [1.54, 1.807) is 6.26 Å². The number of oxazole rings is 1. The maximum absolute atomic E-state index is 5.65. The van der Waals surface area contributed by atoms with Crippen molar-refractivity contribution in [3.05, 3.63) is 72.1 Å². The van der Waals surface area contributed by atoms with E-state index in [2.05, 4.69) is 74.5 Å². The predicted molar refractivity (Wildman–Crippen MR) is 117 cm³/mol. The van der Waals surface area contributed by atoms with Crippen LogP contribution in [0.5, 0.6) is 0 Å². The Bertz CT molecular complexity index is 941. The van der Waals surface area contributed by atoms with Crippen LogP contribution in [0.15, 0.2) is 70.3 Å². The molecule has 2 heterocycles. The number of rotatable bonds is 4. The maximum Gasteiger partial charge on any atom is 0.226 e. The minimum Gasteiger partial charge on any atom is -0.444 e. The first-order valence-electron chi connectivity index (χ1n) is 10.00. The molecule has 0 bridgehead atoms. The standard InChI is InChI=1S/C23H27N5O/c1-18-8-10-19(11-9-18)22-26-20(17-29-22)16-25-23(24-2)28-14-12-27(13-15-28)21-6-4-3-5-7-21/h3-11,17H,12-16H2,1-2H3,(H,24,25). The van der Waals surface area contributed by atoms with E-state index in [9.17, 15) is 0 Å². The molecule has 0 saturated carbocycles. The molecule has 1 fully saturated rings. The number of piperazine rings is 1. The van der Waals surface area contributed by atoms with Gasteiger partial charge in [0.15, 0.2) is 5.96 Å². The third kappa shape index (κ3) is 4.59. The largest absolute Gasteiger partial charge is 0.444 e. The van der Waals surface area contributed by atoms with E-state index in [0.717, 1.165) is 43.4 Å². The van der Waals surface area contributed by atoms with Gasteiger partial charge in [-0.3, -0.25) is 4.99 Å². The first-order chi connectivity index (χ1) is 14.2. The lowest BCUT2D eigenvalue weighted by Crippen LogP contribution is -2.52. The van der Waals surface area contributed by atoms with E-state index in [0.29, 0.717) is 12.4 Å². The molecule has 0 aliphatic carbocycles. The van der Waals surface area contributed by atoms with Crippen LogP contribution in [0.3, 0.4) is 0 Å². The summed E-state index contributed by atoms with van der Waals surface area (Å²) in [6, 6.07) is 18.8. The molecule has 1 aliphatic heterocycles. The number of aryl methyl sites for hydroxylation is 1. The zero-order chi connectivity index (χ0) is 20.1. The fourth-order valence-electron chi connectivity index (χ4n) is 3.53. The van der Waals surface area contributed by atoms with Crippen molar-refractivity contribution in [3.63, 3.8) is 0 Å². The normalized spacial score (nSPS) is 14.9. The summed E-state index contributed by atoms with van der Waals surface area (Å²) < 4.78 is 5.65. The number of para-hydroxylation sites is 1. The van der Waals surface area contributed by atoms with Gasteiger partial charge in [0.1, 0.15) is 6.26 Å². The number of hydrogen-bond acceptors (Lipinski definition) is 4. The van der Waals surface area contributed by atoms with Crippen LogP contribution in [0, 0.1) is 6.92 Å². The second-order valence-corrected chi connectivity index (χ2v) is 7.22. The van der Waals surface area contributed by atoms with Gasteiger partial charge in [-0.15, -0.1) is 0 Å². The smallest absolute Gasteiger partial charge is 0.226 e. The van der Waals surface area contributed by atoms with E-state index in [1.165, 1.54) is 11.3 Å². The van der Waals surface area contributed by atoms with Gasteiger partial charge >= 0.3 is 0 Å². The topological polar surface area (TPSA) is 56.9 Å². The van der Waals surface area contributed by atoms with Crippen LogP contribution in [0.4, 0.5) is 5.69 Å². The lowest BCUT2D eigenvalue weighted by atomic mass is 10.1. The number of anilines is 1. The Morgan fingerprint density at radius 1 is 1.03 bits per heavy atom. The number of aliphatic imine (C=N–C) groups is 1. The second kappa shape index (κ2) is 8.82. The minimum absolute atomic E-state index is 0.584. The predicted octanol–water partition coefficient (Wildman–Crippen LogP) is 3.55. The summed E-state index contributed by atoms with van der Waals surface area (Å²) in [6.45, 7) is 6.48. The van der Waals surface area contributed by atoms with Crippen LogP contribution in [-0.2, 0) is 6.54 Å². The van der Waals surface area contributed by atoms with Gasteiger partial charge in [-0.2, -0.15) is 0 Å². The van der Waals surface area contributed by atoms with Crippen molar-refractivity contribution in [2.24, 2.45) is 4.99 Å². The van der Waals surface area contributed by atoms with Gasteiger partial charge in [-0.1, -0.05) is 35.9 Å². The van der Waals surface area contributed by atoms with Crippen molar-refractivity contribution in [3.8, 4) is 11.5 Å². The van der Waals surface area contributed by atoms with Gasteiger partial charge in [0.25, 0.3) is 0 Å². The van der Waals surface area contributed by atoms with Gasteiger partial charge in [0.05, 0.1) is 12.2 Å². The molecule has 0 radical (unpaired) electrons. The fourth-order valence-corrected chi connectivity index (χ4v) is 3.53. The lowest BCUT2D eigenvalue weighted by molar-refractivity contribution is 0.372. The highest BCUT2D eigenvalue weighted by Gasteiger charge is 2.20. The molecule has 150 valence electrons. The average Bonchev–Trinajstić information content (AvgIpc) is 3.25. The molecule has 0 unspecified atom stereocenters. The van der Waals surface area contributed by atoms with Crippen LogP contribution in [-0.4, -0.2) is 49.1 Å². The third-order valence-electron chi connectivity index (χ3n) is 5.19. The number of hydrogen-bond donors (Lipinski definition) is 1. The van der Waals surface area contributed by atoms with Gasteiger partial charge < -0.3 is 19.5 Å². The van der Waals surface area contributed by atoms with Crippen molar-refractivity contribution in [2.75, 3.05) is 38.1 Å². The molecule has 0 spiro atoms. The van der Waals surface area contributed by atoms with Crippen LogP contribution in [0.2, 0.25) is 0 Å². The minimum atomic E-state index is 0.584. The number of benzene rings is 2. The van der Waals surface area contributed by atoms with Crippen LogP contribution < -0.4 is 10.2 Å². The molecule has 1 N–H and O–H groups in total. The summed E-state index contributed by atoms with van der Waals surface area (Å²) in [5.41, 5.74) is 4.35. The quantitative estimate of drug-likeness (QED) is 0.546. The molecule has 29 heavy (non-hydrogen) atoms. The molecule has 2 aromatic carbocycles. The Hall–Kier alpha value is -3.28. The molecule has 1 aliphatic rings. The molecule has 0 amide bonds. The Morgan fingerprint density at radius 2 is 1.76 bits per heavy atom. The first-order valence-corrected chi connectivity index (χ1v) is 10.00. The monoisotopic (exact) mass is 389 g/mol. The molecule has 3 aromatic rings. The summed E-state index contributed by atoms with van der Waals surface area (Å²) in [5, 5.41) is 3.42. The number of aromatic nitrogens is 1. The van der Waals surface area contributed by atoms with Crippen LogP contribution in [0.1, 0.15) is 11.3 Å². The number of nitrogens with one attached hydrogen (secondary N) is 1. The summed E-state index contributed by atoms with van der Waals surface area (Å²) in [6.07, 6.45) is 1.71. The molecule has 0 atom stereocenters. The highest BCUT2D eigenvalue weighted by Crippen LogP contribution is 2.19. The van der Waals surface area contributed by atoms with Gasteiger partial charge in [-0.25, -0.2) is 4.98 Å². The van der Waals surface area contributed by atoms with Crippen molar-refractivity contribution >= 4 is 11.6 Å². The van der Waals surface area contributed by atoms with Crippen molar-refractivity contribution < 1.29 is 4.42 Å². The Kier molecular flexibility index (Phi) is 5.79. The SMILES string of the molecule is CN=C(NCc1coc(-c2ccc(C)cc2)n1)N1CCN(c2ccccc2)CC1. The van der Waals surface area contributed by atoms with Crippen molar-refractivity contribution in [1.82, 2.24) is 15.2 Å². The molecule has 6 heteroatoms. The molecule has 1 aromatic heterocycles. The highest BCUT2D eigenvalue weighted by molar-refractivity contribution is 5.80. The van der Waals surface area contributed by atoms with Gasteiger partial charge in [-0.05, 0) is 31.2 Å². The molecular formula is C23H27N5O. The van der Waals surface area contributed by atoms with E-state index in [4.69, 9.17) is 4.42 Å². The van der Waals surface area contributed by atoms with Gasteiger partial charge in [0.2, 0.25) is 5.89 Å². The highest BCUT2D eigenvalue weighted by atomic mass is 16.3. The average molecular weight is 390 g/mol. The molecular weight excluding hydrogens is 362 g/mol. The third-order valence-corrected chi connectivity index (χ3v) is 5.19. The van der Waals surface area contributed by atoms with Crippen LogP contribution in [0.25, 0.3) is 11.5 Å². The summed E-state index contributed by atoms with van der Waals surface area (Å²) >= 11 is 0. The molecule has 1 saturated heterocycles. The first kappa shape index (κ1) is 19.1. The van der Waals surface area contributed by atoms with Crippen molar-refractivity contribution in [1.29, 1.82) is 0 Å². The van der Waals surface area contributed by atoms with E-state index in [1.807, 2.05) is 19.2 Å². The molecule has 4 rings (SSSR count). The van der Waals surface area contributed by atoms with E-state index >= 15 is 0 Å². The summed E-state index contributed by atoms with van der Waals surface area (Å²) in [5.74, 6) is 1.55. The lowest BCUT2D eigenvalue weighted by Gasteiger charge is -2.37. The fraction of sp³-hybridized carbons (Fsp3) is 0.304. The second-order valence-electron chi connectivity index (χ2n) is 7.22. The number of nitrogens with zero attached hydrogens (tertiary/aromatic N) is 4. The number of guanidine groups is 1. The Labute approximate surface area is 171 Å². The summed E-state index contributed by atoms with van der Waals surface area (Å²) in [7, 11) is 1.83. The summed E-state index contributed by atoms with van der Waals surface area (Å²) in [4.78, 5) is 13.8. The zero-order valence-electron chi connectivity index (χ0n) is 17.0. The van der Waals surface area contributed by atoms with Crippen molar-refractivity contribution in [2.45, 2.75) is 13.5 Å². The zero-order valence-corrected chi connectivity index (χ0v) is 17.0. The van der Waals surface area contributed by atoms with E-state index < -0.39 is 0 Å². The maximum atomic E-state index is 5.65. The Morgan fingerprint density at radius 3 is 2.45 bits per heavy atom. The Balaban J connectivity index is 1.32. The molecule has 6 nitrogen and oxygen atoms in total. The van der Waals surface area contributed by atoms with Crippen LogP contribution >= 0.6 is 0 Å².